The van der Waals surface area contributed by atoms with Gasteiger partial charge in [-0.1, -0.05) is 12.1 Å². The van der Waals surface area contributed by atoms with E-state index in [1.807, 2.05) is 0 Å². The number of benzene rings is 1. The van der Waals surface area contributed by atoms with E-state index in [0.29, 0.717) is 0 Å². The van der Waals surface area contributed by atoms with Crippen molar-refractivity contribution in [2.75, 3.05) is 18.1 Å². The molecule has 3 heteroatoms. The maximum absolute atomic E-state index is 6.37. The molecule has 1 fully saturated rings. The van der Waals surface area contributed by atoms with E-state index in [2.05, 4.69) is 30.0 Å². The third kappa shape index (κ3) is 2.67. The first kappa shape index (κ1) is 12.4. The van der Waals surface area contributed by atoms with Crippen molar-refractivity contribution >= 4 is 11.8 Å². The van der Waals surface area contributed by atoms with Crippen LogP contribution in [0.15, 0.2) is 18.2 Å². The van der Waals surface area contributed by atoms with Crippen LogP contribution in [0, 0.1) is 5.92 Å². The molecule has 18 heavy (non-hydrogen) atoms. The summed E-state index contributed by atoms with van der Waals surface area (Å²) in [6, 6.07) is 6.69. The van der Waals surface area contributed by atoms with E-state index in [1.54, 1.807) is 0 Å². The summed E-state index contributed by atoms with van der Waals surface area (Å²) in [6.45, 7) is 0.827. The lowest BCUT2D eigenvalue weighted by Gasteiger charge is -2.24. The minimum absolute atomic E-state index is 0.198. The number of rotatable bonds is 3. The molecule has 1 aromatic rings. The number of hydrogen-bond acceptors (Lipinski definition) is 3. The van der Waals surface area contributed by atoms with E-state index >= 15 is 0 Å². The zero-order chi connectivity index (χ0) is 12.4. The van der Waals surface area contributed by atoms with Gasteiger partial charge in [-0.2, -0.15) is 11.8 Å². The van der Waals surface area contributed by atoms with Crippen LogP contribution in [0.3, 0.4) is 0 Å². The number of thioether (sulfide) groups is 1. The van der Waals surface area contributed by atoms with Crippen LogP contribution in [0.5, 0.6) is 5.75 Å². The molecular formula is C15H21NOS. The van der Waals surface area contributed by atoms with Gasteiger partial charge in [0, 0.05) is 12.5 Å². The molecular weight excluding hydrogens is 242 g/mol. The van der Waals surface area contributed by atoms with E-state index in [4.69, 9.17) is 10.5 Å². The van der Waals surface area contributed by atoms with Gasteiger partial charge in [-0.05, 0) is 53.9 Å². The average Bonchev–Trinajstić information content (AvgIpc) is 2.87. The zero-order valence-corrected chi connectivity index (χ0v) is 11.5. The van der Waals surface area contributed by atoms with Gasteiger partial charge in [0.05, 0.1) is 6.61 Å². The van der Waals surface area contributed by atoms with Gasteiger partial charge >= 0.3 is 0 Å². The van der Waals surface area contributed by atoms with Gasteiger partial charge in [-0.15, -0.1) is 0 Å². The number of fused-ring (bicyclic) bond motifs is 1. The van der Waals surface area contributed by atoms with Crippen LogP contribution in [0.2, 0.25) is 0 Å². The Labute approximate surface area is 113 Å². The topological polar surface area (TPSA) is 35.2 Å². The lowest BCUT2D eigenvalue weighted by Crippen LogP contribution is -2.18. The molecule has 2 N–H and O–H groups in total. The summed E-state index contributed by atoms with van der Waals surface area (Å²) < 4.78 is 5.54. The fourth-order valence-electron chi connectivity index (χ4n) is 2.91. The third-order valence-corrected chi connectivity index (χ3v) is 5.12. The second-order valence-corrected chi connectivity index (χ2v) is 6.59. The predicted molar refractivity (Wildman–Crippen MR) is 77.2 cm³/mol. The van der Waals surface area contributed by atoms with Gasteiger partial charge in [0.1, 0.15) is 5.75 Å². The van der Waals surface area contributed by atoms with Crippen LogP contribution in [-0.4, -0.2) is 18.1 Å². The Morgan fingerprint density at radius 2 is 2.17 bits per heavy atom. The summed E-state index contributed by atoms with van der Waals surface area (Å²) in [7, 11) is 0. The lowest BCUT2D eigenvalue weighted by molar-refractivity contribution is 0.356. The molecule has 2 aliphatic heterocycles. The Morgan fingerprint density at radius 3 is 3.00 bits per heavy atom. The van der Waals surface area contributed by atoms with Crippen molar-refractivity contribution in [2.24, 2.45) is 11.7 Å². The Balaban J connectivity index is 1.66. The summed E-state index contributed by atoms with van der Waals surface area (Å²) >= 11 is 2.08. The molecule has 0 spiro atoms. The summed E-state index contributed by atoms with van der Waals surface area (Å²) in [5.74, 6) is 4.51. The molecule has 0 saturated carbocycles. The minimum Gasteiger partial charge on any atom is -0.493 e. The number of nitrogens with two attached hydrogens (primary N) is 1. The molecule has 1 atom stereocenters. The smallest absolute Gasteiger partial charge is 0.122 e. The van der Waals surface area contributed by atoms with E-state index in [9.17, 15) is 0 Å². The second-order valence-electron chi connectivity index (χ2n) is 5.36. The summed E-state index contributed by atoms with van der Waals surface area (Å²) in [6.07, 6.45) is 4.86. The van der Waals surface area contributed by atoms with Crippen molar-refractivity contribution in [3.63, 3.8) is 0 Å². The fourth-order valence-corrected chi connectivity index (χ4v) is 4.12. The van der Waals surface area contributed by atoms with Crippen LogP contribution in [0.25, 0.3) is 0 Å². The Morgan fingerprint density at radius 1 is 1.33 bits per heavy atom. The molecule has 1 unspecified atom stereocenters. The molecule has 3 rings (SSSR count). The normalized spacial score (nSPS) is 21.4. The van der Waals surface area contributed by atoms with Crippen LogP contribution in [-0.2, 0) is 6.42 Å². The van der Waals surface area contributed by atoms with Crippen LogP contribution in [0.4, 0.5) is 0 Å². The highest BCUT2D eigenvalue weighted by atomic mass is 32.2. The first-order valence-electron chi connectivity index (χ1n) is 6.92. The van der Waals surface area contributed by atoms with Crippen molar-refractivity contribution in [1.82, 2.24) is 0 Å². The molecule has 0 aliphatic carbocycles. The third-order valence-electron chi connectivity index (χ3n) is 4.07. The van der Waals surface area contributed by atoms with Crippen molar-refractivity contribution in [3.05, 3.63) is 29.3 Å². The highest BCUT2D eigenvalue weighted by Crippen LogP contribution is 2.32. The molecule has 0 radical (unpaired) electrons. The van der Waals surface area contributed by atoms with Gasteiger partial charge < -0.3 is 10.5 Å². The molecule has 2 heterocycles. The summed E-state index contributed by atoms with van der Waals surface area (Å²) in [5.41, 5.74) is 9.00. The standard InChI is InChI=1S/C15H21NOS/c16-14(9-11-4-7-18-8-5-11)12-1-2-15-13(10-12)3-6-17-15/h1-2,10-11,14H,3-9,16H2. The summed E-state index contributed by atoms with van der Waals surface area (Å²) in [5, 5.41) is 0. The molecule has 2 nitrogen and oxygen atoms in total. The maximum Gasteiger partial charge on any atom is 0.122 e. The Bertz CT molecular complexity index is 415. The largest absolute Gasteiger partial charge is 0.493 e. The number of hydrogen-bond donors (Lipinski definition) is 1. The highest BCUT2D eigenvalue weighted by molar-refractivity contribution is 7.99. The fraction of sp³-hybridized carbons (Fsp3) is 0.600. The zero-order valence-electron chi connectivity index (χ0n) is 10.7. The van der Waals surface area contributed by atoms with E-state index < -0.39 is 0 Å². The van der Waals surface area contributed by atoms with Gasteiger partial charge in [-0.3, -0.25) is 0 Å². The average molecular weight is 263 g/mol. The molecule has 0 amide bonds. The van der Waals surface area contributed by atoms with Crippen molar-refractivity contribution in [2.45, 2.75) is 31.7 Å². The Hall–Kier alpha value is -0.670. The first-order chi connectivity index (χ1) is 8.83. The Kier molecular flexibility index (Phi) is 3.80. The van der Waals surface area contributed by atoms with Crippen LogP contribution >= 0.6 is 11.8 Å². The second kappa shape index (κ2) is 5.54. The molecule has 2 aliphatic rings. The molecule has 0 aromatic heterocycles. The van der Waals surface area contributed by atoms with Gasteiger partial charge in [0.2, 0.25) is 0 Å². The van der Waals surface area contributed by atoms with Crippen LogP contribution < -0.4 is 10.5 Å². The minimum atomic E-state index is 0.198. The van der Waals surface area contributed by atoms with Gasteiger partial charge in [0.15, 0.2) is 0 Å². The highest BCUT2D eigenvalue weighted by Gasteiger charge is 2.19. The first-order valence-corrected chi connectivity index (χ1v) is 8.07. The van der Waals surface area contributed by atoms with Crippen LogP contribution in [0.1, 0.15) is 36.4 Å². The van der Waals surface area contributed by atoms with E-state index in [-0.39, 0.29) is 6.04 Å². The van der Waals surface area contributed by atoms with Crippen molar-refractivity contribution < 1.29 is 4.74 Å². The van der Waals surface area contributed by atoms with E-state index in [1.165, 1.54) is 35.5 Å². The van der Waals surface area contributed by atoms with Crippen molar-refractivity contribution in [1.29, 1.82) is 0 Å². The molecule has 98 valence electrons. The number of ether oxygens (including phenoxy) is 1. The predicted octanol–water partition coefficient (Wildman–Crippen LogP) is 3.15. The van der Waals surface area contributed by atoms with Gasteiger partial charge in [0.25, 0.3) is 0 Å². The maximum atomic E-state index is 6.37. The summed E-state index contributed by atoms with van der Waals surface area (Å²) in [4.78, 5) is 0. The van der Waals surface area contributed by atoms with E-state index in [0.717, 1.165) is 31.1 Å². The quantitative estimate of drug-likeness (QED) is 0.910. The SMILES string of the molecule is NC(CC1CCSCC1)c1ccc2c(c1)CCO2. The molecule has 1 aromatic carbocycles. The molecule has 0 bridgehead atoms. The monoisotopic (exact) mass is 263 g/mol. The van der Waals surface area contributed by atoms with Crippen molar-refractivity contribution in [3.8, 4) is 5.75 Å². The van der Waals surface area contributed by atoms with Gasteiger partial charge in [-0.25, -0.2) is 0 Å². The lowest BCUT2D eigenvalue weighted by atomic mass is 9.90. The molecule has 1 saturated heterocycles.